The van der Waals surface area contributed by atoms with E-state index in [1.54, 1.807) is 40.1 Å². The second-order valence-electron chi connectivity index (χ2n) is 28.9. The normalized spacial score (nSPS) is 19.5. The number of phenols is 4. The molecule has 23 nitrogen and oxygen atoms in total. The summed E-state index contributed by atoms with van der Waals surface area (Å²) in [5, 5.41) is 55.4. The minimum atomic E-state index is -1.16. The summed E-state index contributed by atoms with van der Waals surface area (Å²) in [6.07, 6.45) is 9.84. The lowest BCUT2D eigenvalue weighted by atomic mass is 9.68. The van der Waals surface area contributed by atoms with Crippen molar-refractivity contribution in [3.63, 3.8) is 0 Å². The third-order valence-corrected chi connectivity index (χ3v) is 19.5. The highest BCUT2D eigenvalue weighted by atomic mass is 79.9. The van der Waals surface area contributed by atoms with E-state index in [0.29, 0.717) is 86.0 Å². The Kier molecular flexibility index (Phi) is 27.1. The van der Waals surface area contributed by atoms with Gasteiger partial charge in [0, 0.05) is 83.7 Å². The topological polar surface area (TPSA) is 318 Å². The number of nitrogen functional groups attached to an aromatic ring is 1. The number of anilines is 1. The van der Waals surface area contributed by atoms with Crippen LogP contribution in [0.25, 0.3) is 11.0 Å². The van der Waals surface area contributed by atoms with Gasteiger partial charge in [-0.05, 0) is 224 Å². The molecule has 26 heteroatoms. The van der Waals surface area contributed by atoms with Gasteiger partial charge < -0.3 is 65.0 Å². The van der Waals surface area contributed by atoms with Crippen LogP contribution in [0, 0.1) is 9.81 Å². The van der Waals surface area contributed by atoms with Gasteiger partial charge in [-0.2, -0.15) is 0 Å². The summed E-state index contributed by atoms with van der Waals surface area (Å²) >= 11 is 6.32. The van der Waals surface area contributed by atoms with Gasteiger partial charge in [0.2, 0.25) is 9.85 Å². The van der Waals surface area contributed by atoms with Crippen LogP contribution < -0.4 is 15.2 Å². The predicted molar refractivity (Wildman–Crippen MR) is 405 cm³/mol. The molecule has 0 radical (unpaired) electrons. The van der Waals surface area contributed by atoms with E-state index in [0.717, 1.165) is 66.4 Å². The maximum atomic E-state index is 12.8. The Balaban J connectivity index is 0.000000199. The Hall–Kier alpha value is -8.98. The van der Waals surface area contributed by atoms with E-state index in [9.17, 15) is 39.2 Å². The molecule has 558 valence electrons. The highest BCUT2D eigenvalue weighted by Gasteiger charge is 2.55. The predicted octanol–water partition coefficient (Wildman–Crippen LogP) is 16.3. The number of rotatable bonds is 14. The summed E-state index contributed by atoms with van der Waals surface area (Å²) in [5.41, 5.74) is 7.90. The summed E-state index contributed by atoms with van der Waals surface area (Å²) in [4.78, 5) is 86.5. The van der Waals surface area contributed by atoms with Crippen molar-refractivity contribution in [3.05, 3.63) is 191 Å². The summed E-state index contributed by atoms with van der Waals surface area (Å²) in [5.74, 6) is -1.54. The quantitative estimate of drug-likeness (QED) is 0.0303. The number of nitrogens with two attached hydrogens (primary N) is 1. The van der Waals surface area contributed by atoms with Gasteiger partial charge in [0.25, 0.3) is 23.9 Å². The Morgan fingerprint density at radius 1 is 0.529 bits per heavy atom. The van der Waals surface area contributed by atoms with Gasteiger partial charge in [-0.15, -0.1) is 0 Å². The van der Waals surface area contributed by atoms with Gasteiger partial charge in [-0.1, -0.05) is 74.3 Å². The summed E-state index contributed by atoms with van der Waals surface area (Å²) in [6, 6.07) is 33.8. The fourth-order valence-corrected chi connectivity index (χ4v) is 13.0. The molecular weight excluding hydrogens is 1470 g/mol. The molecule has 3 aliphatic heterocycles. The van der Waals surface area contributed by atoms with Crippen molar-refractivity contribution in [2.45, 2.75) is 194 Å². The van der Waals surface area contributed by atoms with Gasteiger partial charge in [0.15, 0.2) is 11.2 Å². The van der Waals surface area contributed by atoms with Gasteiger partial charge in [0.05, 0.1) is 32.1 Å². The van der Waals surface area contributed by atoms with Crippen molar-refractivity contribution in [1.82, 2.24) is 9.80 Å². The highest BCUT2D eigenvalue weighted by Crippen LogP contribution is 2.49. The van der Waals surface area contributed by atoms with Crippen LogP contribution in [0.5, 0.6) is 34.5 Å². The molecule has 1 saturated heterocycles. The van der Waals surface area contributed by atoms with E-state index in [4.69, 9.17) is 54.6 Å². The van der Waals surface area contributed by atoms with Crippen LogP contribution in [0.1, 0.15) is 206 Å². The monoisotopic (exact) mass is 1560 g/mol. The lowest BCUT2D eigenvalue weighted by molar-refractivity contribution is -0.844. The molecule has 2 saturated carbocycles. The first-order valence-electron chi connectivity index (χ1n) is 34.8. The number of phenolic OH excluding ortho intramolecular Hbond substituents is 2. The Bertz CT molecular complexity index is 4080. The number of carboxylic acids is 2. The van der Waals surface area contributed by atoms with Crippen molar-refractivity contribution in [2.24, 2.45) is 0 Å². The number of carbonyl (C=O) groups is 4. The summed E-state index contributed by atoms with van der Waals surface area (Å²) in [6.45, 7) is 29.7. The van der Waals surface area contributed by atoms with Crippen molar-refractivity contribution < 1.29 is 88.1 Å². The number of halogens is 2. The molecule has 2 aliphatic carbocycles. The third kappa shape index (κ3) is 20.9. The van der Waals surface area contributed by atoms with Crippen molar-refractivity contribution in [2.75, 3.05) is 31.9 Å². The summed E-state index contributed by atoms with van der Waals surface area (Å²) in [7, 11) is -0.454. The zero-order valence-electron chi connectivity index (χ0n) is 61.6. The minimum Gasteiger partial charge on any atom is -0.507 e. The Morgan fingerprint density at radius 3 is 1.29 bits per heavy atom. The molecule has 104 heavy (non-hydrogen) atoms. The molecule has 5 aliphatic rings. The van der Waals surface area contributed by atoms with Crippen LogP contribution >= 0.6 is 31.9 Å². The van der Waals surface area contributed by atoms with Crippen molar-refractivity contribution in [1.29, 1.82) is 0 Å². The number of amides is 2. The minimum absolute atomic E-state index is 0.0151. The van der Waals surface area contributed by atoms with E-state index >= 15 is 0 Å². The number of fused-ring (bicyclic) bond motifs is 2. The largest absolute Gasteiger partial charge is 0.507 e. The van der Waals surface area contributed by atoms with Gasteiger partial charge in [0.1, 0.15) is 56.8 Å². The lowest BCUT2D eigenvalue weighted by Crippen LogP contribution is -2.45. The smallest absolute Gasteiger partial charge is 0.495 e. The number of benzene rings is 6. The number of aromatic hydroxyl groups is 4. The molecule has 8 N–H and O–H groups in total. The SMILES string of the molecule is CC(C)(C)O[N+](=O)C1CCC2(C=C(B3OC(C)(C)C(C)(C)O3)c3ccccc3O2)CC1.CCN(CC)C(=O)c1ccc(Br)cc1O.CCN(CC)C(=O)c1ccc(C2=CC3(CCC([N+](=O)OC(C)(C)C)CC3)Oc3ccccc32)cc1O.Nc1ccc(C(=O)O)c(O)c1.O=C(O)c1ccc(Br)cc1O. The fraction of sp³-hybridized carbons (Fsp3) is 0.436. The van der Waals surface area contributed by atoms with Crippen LogP contribution in [-0.4, -0.2) is 153 Å². The zero-order chi connectivity index (χ0) is 77.0. The number of hydrogen-bond donors (Lipinski definition) is 7. The number of hydrogen-bond acceptors (Lipinski definition) is 17. The molecule has 0 aromatic heterocycles. The molecule has 2 spiro atoms. The van der Waals surface area contributed by atoms with Gasteiger partial charge >= 0.3 is 19.1 Å². The number of nitrogens with zero attached hydrogens (tertiary/aromatic N) is 4. The van der Waals surface area contributed by atoms with Crippen LogP contribution in [-0.2, 0) is 19.0 Å². The Morgan fingerprint density at radius 2 is 0.894 bits per heavy atom. The zero-order valence-corrected chi connectivity index (χ0v) is 64.8. The van der Waals surface area contributed by atoms with E-state index < -0.39 is 52.7 Å². The average Bonchev–Trinajstić information content (AvgIpc) is 1.46. The standard InChI is InChI=1S/C29H36N2O5.C24H35BNO5.C11H14BrNO2.C7H5BrO3.C7H7NO3/c1-6-30(7-2)27(33)23-13-12-20(18-25(23)32)24-19-29(35-26-11-9-8-10-22(24)26)16-14-21(15-17-29)31(34)36-28(3,4)5;1-21(2,3)31-26(27)17-12-14-24(15-13-17)16-19(18-10-8-9-11-20(18)28-24)25-29-22(4,5)23(6,7)30-25;1-3-13(4-2)11(15)9-6-5-8(12)7-10(9)14;2*8-4-1-2-5(7(10)11)6(9)3-4/h8-13,18-19,21H,6-7,14-17H2,1-5H3;8-11,16-17H,12-15H2,1-7H3;5-7,14H,3-4H2,1-2H3;1-3,9H,(H,10,11);1-3,9H,8H2,(H,10,11)/q;+1;;;/p+1. The molecule has 11 rings (SSSR count). The molecular formula is C78H98BBr2N5O18+2. The van der Waals surface area contributed by atoms with E-state index in [-0.39, 0.29) is 58.0 Å². The number of carbonyl (C=O) groups excluding carboxylic acids is 2. The first-order chi connectivity index (χ1) is 48.7. The maximum Gasteiger partial charge on any atom is 0.495 e. The van der Waals surface area contributed by atoms with Crippen LogP contribution in [0.2, 0.25) is 0 Å². The number of para-hydroxylation sites is 2. The first kappa shape index (κ1) is 82.3. The second kappa shape index (κ2) is 34.3. The molecule has 0 atom stereocenters. The third-order valence-electron chi connectivity index (χ3n) is 18.5. The van der Waals surface area contributed by atoms with E-state index in [1.807, 2.05) is 118 Å². The number of ether oxygens (including phenoxy) is 2. The fourth-order valence-electron chi connectivity index (χ4n) is 12.3. The Labute approximate surface area is 625 Å². The maximum absolute atomic E-state index is 12.8. The van der Waals surface area contributed by atoms with E-state index in [2.05, 4.69) is 77.8 Å². The molecule has 6 aromatic carbocycles. The molecule has 6 aromatic rings. The first-order valence-corrected chi connectivity index (χ1v) is 36.4. The van der Waals surface area contributed by atoms with Gasteiger partial charge in [-0.25, -0.2) is 19.3 Å². The lowest BCUT2D eigenvalue weighted by Gasteiger charge is -2.40. The van der Waals surface area contributed by atoms with Crippen LogP contribution in [0.3, 0.4) is 0 Å². The molecule has 3 fully saturated rings. The van der Waals surface area contributed by atoms with Crippen LogP contribution in [0.15, 0.2) is 142 Å². The van der Waals surface area contributed by atoms with Gasteiger partial charge in [-0.3, -0.25) is 9.59 Å². The average molecular weight is 1560 g/mol. The molecule has 0 bridgehead atoms. The highest BCUT2D eigenvalue weighted by molar-refractivity contribution is 9.10. The van der Waals surface area contributed by atoms with E-state index in [1.165, 1.54) is 36.4 Å². The van der Waals surface area contributed by atoms with Crippen LogP contribution in [0.4, 0.5) is 5.69 Å². The second-order valence-corrected chi connectivity index (χ2v) is 30.7. The number of aromatic carboxylic acids is 2. The summed E-state index contributed by atoms with van der Waals surface area (Å²) < 4.78 is 27.2. The van der Waals surface area contributed by atoms with Crippen molar-refractivity contribution >= 4 is 79.5 Å². The molecule has 0 unspecified atom stereocenters. The number of carboxylic acid groups (broad SMARTS) is 2. The van der Waals surface area contributed by atoms with Crippen molar-refractivity contribution in [3.8, 4) is 34.5 Å². The molecule has 3 heterocycles. The molecule has 2 amide bonds.